The van der Waals surface area contributed by atoms with E-state index in [4.69, 9.17) is 11.5 Å². The number of hydrogen-bond donors (Lipinski definition) is 3. The Morgan fingerprint density at radius 2 is 1.83 bits per heavy atom. The second-order valence-corrected chi connectivity index (χ2v) is 6.31. The Balaban J connectivity index is 2.87. The van der Waals surface area contributed by atoms with Crippen LogP contribution in [0.25, 0.3) is 0 Å². The molecule has 0 saturated carbocycles. The molecule has 0 aliphatic rings. The molecule has 0 saturated heterocycles. The van der Waals surface area contributed by atoms with Gasteiger partial charge in [-0.05, 0) is 24.3 Å². The Morgan fingerprint density at radius 1 is 1.25 bits per heavy atom. The van der Waals surface area contributed by atoms with Crippen LogP contribution in [-0.2, 0) is 14.8 Å². The van der Waals surface area contributed by atoms with Crippen molar-refractivity contribution in [2.24, 2.45) is 0 Å². The molecule has 130 valence electrons. The molecule has 0 aliphatic carbocycles. The van der Waals surface area contributed by atoms with Crippen LogP contribution in [-0.4, -0.2) is 44.4 Å². The van der Waals surface area contributed by atoms with Gasteiger partial charge in [-0.1, -0.05) is 5.92 Å². The molecule has 1 atom stereocenters. The van der Waals surface area contributed by atoms with Crippen molar-refractivity contribution in [3.63, 3.8) is 0 Å². The quantitative estimate of drug-likeness (QED) is 0.582. The largest absolute Gasteiger partial charge is 0.480 e. The van der Waals surface area contributed by atoms with E-state index in [1.54, 1.807) is 0 Å². The number of carboxylic acid groups (broad SMARTS) is 1. The highest BCUT2D eigenvalue weighted by molar-refractivity contribution is 7.89. The van der Waals surface area contributed by atoms with Crippen molar-refractivity contribution >= 4 is 21.9 Å². The number of nitrogens with one attached hydrogen (secondary N) is 2. The number of benzene rings is 1. The second kappa shape index (κ2) is 8.37. The maximum absolute atomic E-state index is 12.3. The van der Waals surface area contributed by atoms with Crippen LogP contribution < -0.4 is 10.0 Å². The van der Waals surface area contributed by atoms with Gasteiger partial charge in [-0.3, -0.25) is 4.79 Å². The summed E-state index contributed by atoms with van der Waals surface area (Å²) in [6.45, 7) is -0.210. The zero-order valence-corrected chi connectivity index (χ0v) is 13.0. The number of aliphatic carboxylic acids is 1. The Bertz CT molecular complexity index is 741. The first-order chi connectivity index (χ1) is 11.2. The zero-order chi connectivity index (χ0) is 18.3. The summed E-state index contributed by atoms with van der Waals surface area (Å²) >= 11 is 0. The summed E-state index contributed by atoms with van der Waals surface area (Å²) in [5.41, 5.74) is -0.0774. The molecule has 1 unspecified atom stereocenters. The average Bonchev–Trinajstić information content (AvgIpc) is 2.52. The number of hydrogen-bond acceptors (Lipinski definition) is 4. The minimum absolute atomic E-state index is 0.0774. The van der Waals surface area contributed by atoms with Crippen molar-refractivity contribution in [1.82, 2.24) is 10.0 Å². The Morgan fingerprint density at radius 3 is 2.29 bits per heavy atom. The third-order valence-electron chi connectivity index (χ3n) is 2.81. The molecule has 0 aromatic heterocycles. The molecule has 0 fully saturated rings. The lowest BCUT2D eigenvalue weighted by Gasteiger charge is -2.14. The molecule has 7 nitrogen and oxygen atoms in total. The molecular formula is C14H14F2N2O5S. The Labute approximate surface area is 137 Å². The minimum Gasteiger partial charge on any atom is -0.480 e. The first kappa shape index (κ1) is 19.5. The molecule has 1 aromatic rings. The van der Waals surface area contributed by atoms with Gasteiger partial charge in [-0.2, -0.15) is 4.72 Å². The second-order valence-electron chi connectivity index (χ2n) is 4.54. The maximum Gasteiger partial charge on any atom is 0.326 e. The predicted octanol–water partition coefficient (Wildman–Crippen LogP) is 0.436. The number of sulfonamides is 1. The van der Waals surface area contributed by atoms with Gasteiger partial charge < -0.3 is 10.4 Å². The highest BCUT2D eigenvalue weighted by atomic mass is 32.2. The minimum atomic E-state index is -3.83. The van der Waals surface area contributed by atoms with Crippen LogP contribution >= 0.6 is 0 Å². The summed E-state index contributed by atoms with van der Waals surface area (Å²) in [4.78, 5) is 22.5. The van der Waals surface area contributed by atoms with Gasteiger partial charge in [0.15, 0.2) is 0 Å². The van der Waals surface area contributed by atoms with E-state index in [9.17, 15) is 26.8 Å². The van der Waals surface area contributed by atoms with E-state index >= 15 is 0 Å². The van der Waals surface area contributed by atoms with Crippen LogP contribution in [0.2, 0.25) is 0 Å². The summed E-state index contributed by atoms with van der Waals surface area (Å²) in [6.07, 6.45) is 1.01. The van der Waals surface area contributed by atoms with Crippen LogP contribution in [0.5, 0.6) is 0 Å². The summed E-state index contributed by atoms with van der Waals surface area (Å²) < 4.78 is 50.3. The molecule has 0 radical (unpaired) electrons. The number of carbonyl (C=O) groups excluding carboxylic acids is 1. The molecule has 1 aromatic carbocycles. The van der Waals surface area contributed by atoms with Crippen molar-refractivity contribution in [2.75, 3.05) is 6.54 Å². The number of alkyl halides is 2. The third kappa shape index (κ3) is 5.60. The summed E-state index contributed by atoms with van der Waals surface area (Å²) in [5, 5.41) is 10.7. The molecule has 0 heterocycles. The standard InChI is InChI=1S/C14H14F2N2O5S/c1-2-7-17-24(22,23)10-5-3-9(4-6-10)13(19)18-11(14(20)21)8-12(15)16/h1,3-6,11-12,17H,7-8H2,(H,18,19)(H,20,21). The fourth-order valence-corrected chi connectivity index (χ4v) is 2.58. The van der Waals surface area contributed by atoms with E-state index in [1.807, 2.05) is 5.32 Å². The van der Waals surface area contributed by atoms with Gasteiger partial charge >= 0.3 is 5.97 Å². The van der Waals surface area contributed by atoms with E-state index in [2.05, 4.69) is 10.6 Å². The van der Waals surface area contributed by atoms with Gasteiger partial charge in [0, 0.05) is 12.0 Å². The summed E-state index contributed by atoms with van der Waals surface area (Å²) in [6, 6.07) is 2.72. The first-order valence-corrected chi connectivity index (χ1v) is 8.00. The SMILES string of the molecule is C#CCNS(=O)(=O)c1ccc(C(=O)NC(CC(F)F)C(=O)O)cc1. The normalized spacial score (nSPS) is 12.4. The van der Waals surface area contributed by atoms with Gasteiger partial charge in [-0.25, -0.2) is 22.0 Å². The highest BCUT2D eigenvalue weighted by Gasteiger charge is 2.24. The lowest BCUT2D eigenvalue weighted by atomic mass is 10.1. The number of carboxylic acids is 1. The van der Waals surface area contributed by atoms with Crippen LogP contribution in [0.4, 0.5) is 8.78 Å². The van der Waals surface area contributed by atoms with E-state index in [0.717, 1.165) is 24.3 Å². The highest BCUT2D eigenvalue weighted by Crippen LogP contribution is 2.11. The maximum atomic E-state index is 12.3. The van der Waals surface area contributed by atoms with Crippen molar-refractivity contribution < 1.29 is 31.9 Å². The average molecular weight is 360 g/mol. The van der Waals surface area contributed by atoms with Gasteiger partial charge in [0.25, 0.3) is 5.91 Å². The van der Waals surface area contributed by atoms with Gasteiger partial charge in [0.05, 0.1) is 11.4 Å². The fraction of sp³-hybridized carbons (Fsp3) is 0.286. The van der Waals surface area contributed by atoms with Crippen molar-refractivity contribution in [3.8, 4) is 12.3 Å². The van der Waals surface area contributed by atoms with Crippen LogP contribution in [0, 0.1) is 12.3 Å². The number of amides is 1. The lowest BCUT2D eigenvalue weighted by molar-refractivity contribution is -0.140. The Kier molecular flexibility index (Phi) is 6.82. The van der Waals surface area contributed by atoms with Crippen molar-refractivity contribution in [1.29, 1.82) is 0 Å². The van der Waals surface area contributed by atoms with Gasteiger partial charge in [-0.15, -0.1) is 6.42 Å². The topological polar surface area (TPSA) is 113 Å². The molecule has 3 N–H and O–H groups in total. The molecule has 0 bridgehead atoms. The van der Waals surface area contributed by atoms with E-state index in [1.165, 1.54) is 0 Å². The van der Waals surface area contributed by atoms with Crippen LogP contribution in [0.3, 0.4) is 0 Å². The molecule has 1 amide bonds. The molecule has 1 rings (SSSR count). The van der Waals surface area contributed by atoms with E-state index in [0.29, 0.717) is 0 Å². The number of rotatable bonds is 8. The van der Waals surface area contributed by atoms with Crippen molar-refractivity contribution in [2.45, 2.75) is 23.8 Å². The molecule has 24 heavy (non-hydrogen) atoms. The van der Waals surface area contributed by atoms with Gasteiger partial charge in [0.2, 0.25) is 16.4 Å². The monoisotopic (exact) mass is 360 g/mol. The Hall–Kier alpha value is -2.51. The fourth-order valence-electron chi connectivity index (χ4n) is 1.65. The smallest absolute Gasteiger partial charge is 0.326 e. The van der Waals surface area contributed by atoms with Crippen LogP contribution in [0.1, 0.15) is 16.8 Å². The number of carbonyl (C=O) groups is 2. The summed E-state index contributed by atoms with van der Waals surface area (Å²) in [5.74, 6) is -0.410. The lowest BCUT2D eigenvalue weighted by Crippen LogP contribution is -2.42. The molecule has 0 spiro atoms. The van der Waals surface area contributed by atoms with Gasteiger partial charge in [0.1, 0.15) is 6.04 Å². The zero-order valence-electron chi connectivity index (χ0n) is 12.2. The predicted molar refractivity (Wildman–Crippen MR) is 80.0 cm³/mol. The first-order valence-electron chi connectivity index (χ1n) is 6.52. The molecular weight excluding hydrogens is 346 g/mol. The van der Waals surface area contributed by atoms with E-state index < -0.39 is 40.8 Å². The van der Waals surface area contributed by atoms with Crippen LogP contribution in [0.15, 0.2) is 29.2 Å². The molecule has 0 aliphatic heterocycles. The number of terminal acetylenes is 1. The van der Waals surface area contributed by atoms with E-state index in [-0.39, 0.29) is 17.0 Å². The van der Waals surface area contributed by atoms with Crippen molar-refractivity contribution in [3.05, 3.63) is 29.8 Å². The summed E-state index contributed by atoms with van der Waals surface area (Å²) in [7, 11) is -3.83. The third-order valence-corrected chi connectivity index (χ3v) is 4.23. The molecule has 10 heteroatoms. The number of halogens is 2.